The zero-order chi connectivity index (χ0) is 11.9. The predicted octanol–water partition coefficient (Wildman–Crippen LogP) is 3.67. The highest BCUT2D eigenvalue weighted by Crippen LogP contribution is 2.36. The smallest absolute Gasteiger partial charge is 0.00787 e. The Balaban J connectivity index is 1.57. The van der Waals surface area contributed by atoms with E-state index in [1.165, 1.54) is 43.5 Å². The van der Waals surface area contributed by atoms with Gasteiger partial charge < -0.3 is 5.32 Å². The van der Waals surface area contributed by atoms with Crippen LogP contribution in [-0.2, 0) is 0 Å². The number of nitrogens with one attached hydrogen (secondary N) is 1. The fraction of sp³-hybridized carbons (Fsp3) is 0.600. The number of rotatable bonds is 7. The Morgan fingerprint density at radius 1 is 1.18 bits per heavy atom. The standard InChI is InChI=1S/C15H23NS/c1-17-10-6-5-9-16-15-11-14(12-15)13-7-3-2-4-8-13/h2-4,7-8,14-16H,5-6,9-12H2,1H3. The first kappa shape index (κ1) is 13.0. The first-order chi connectivity index (χ1) is 8.40. The molecule has 1 N–H and O–H groups in total. The van der Waals surface area contributed by atoms with Crippen molar-refractivity contribution in [2.24, 2.45) is 0 Å². The molecule has 94 valence electrons. The van der Waals surface area contributed by atoms with E-state index in [1.54, 1.807) is 0 Å². The molecule has 0 amide bonds. The van der Waals surface area contributed by atoms with Gasteiger partial charge in [0.1, 0.15) is 0 Å². The van der Waals surface area contributed by atoms with Gasteiger partial charge in [0.25, 0.3) is 0 Å². The van der Waals surface area contributed by atoms with Crippen LogP contribution >= 0.6 is 11.8 Å². The van der Waals surface area contributed by atoms with Gasteiger partial charge in [-0.3, -0.25) is 0 Å². The normalized spacial score (nSPS) is 23.4. The lowest BCUT2D eigenvalue weighted by molar-refractivity contribution is 0.290. The molecule has 0 saturated heterocycles. The molecule has 1 aliphatic carbocycles. The quantitative estimate of drug-likeness (QED) is 0.740. The third kappa shape index (κ3) is 4.04. The number of unbranched alkanes of at least 4 members (excludes halogenated alkanes) is 1. The minimum absolute atomic E-state index is 0.773. The van der Waals surface area contributed by atoms with Crippen LogP contribution < -0.4 is 5.32 Å². The molecule has 0 aromatic heterocycles. The Hall–Kier alpha value is -0.470. The Labute approximate surface area is 109 Å². The number of hydrogen-bond donors (Lipinski definition) is 1. The molecule has 0 heterocycles. The van der Waals surface area contributed by atoms with Crippen LogP contribution in [0.5, 0.6) is 0 Å². The minimum Gasteiger partial charge on any atom is -0.314 e. The molecule has 1 saturated carbocycles. The maximum atomic E-state index is 3.67. The van der Waals surface area contributed by atoms with Crippen molar-refractivity contribution in [1.29, 1.82) is 0 Å². The number of benzene rings is 1. The van der Waals surface area contributed by atoms with Crippen LogP contribution in [0, 0.1) is 0 Å². The van der Waals surface area contributed by atoms with E-state index in [-0.39, 0.29) is 0 Å². The van der Waals surface area contributed by atoms with E-state index in [4.69, 9.17) is 0 Å². The highest BCUT2D eigenvalue weighted by molar-refractivity contribution is 7.98. The molecule has 1 fully saturated rings. The van der Waals surface area contributed by atoms with Crippen LogP contribution in [-0.4, -0.2) is 24.6 Å². The van der Waals surface area contributed by atoms with Gasteiger partial charge in [0, 0.05) is 6.04 Å². The van der Waals surface area contributed by atoms with Crippen molar-refractivity contribution in [2.45, 2.75) is 37.6 Å². The molecule has 1 aliphatic rings. The summed E-state index contributed by atoms with van der Waals surface area (Å²) in [7, 11) is 0. The van der Waals surface area contributed by atoms with Crippen molar-refractivity contribution in [2.75, 3.05) is 18.6 Å². The summed E-state index contributed by atoms with van der Waals surface area (Å²) in [6.45, 7) is 1.20. The summed E-state index contributed by atoms with van der Waals surface area (Å²) in [4.78, 5) is 0. The molecule has 0 bridgehead atoms. The molecule has 0 unspecified atom stereocenters. The van der Waals surface area contributed by atoms with E-state index in [1.807, 2.05) is 11.8 Å². The zero-order valence-corrected chi connectivity index (χ0v) is 11.5. The first-order valence-electron chi connectivity index (χ1n) is 6.67. The highest BCUT2D eigenvalue weighted by atomic mass is 32.2. The molecule has 1 aromatic rings. The van der Waals surface area contributed by atoms with Crippen LogP contribution in [0.25, 0.3) is 0 Å². The lowest BCUT2D eigenvalue weighted by Crippen LogP contribution is -2.40. The van der Waals surface area contributed by atoms with E-state index in [0.717, 1.165) is 12.0 Å². The summed E-state index contributed by atoms with van der Waals surface area (Å²) < 4.78 is 0. The summed E-state index contributed by atoms with van der Waals surface area (Å²) in [5.74, 6) is 2.11. The molecule has 0 atom stereocenters. The average molecular weight is 249 g/mol. The van der Waals surface area contributed by atoms with Gasteiger partial charge in [-0.25, -0.2) is 0 Å². The monoisotopic (exact) mass is 249 g/mol. The van der Waals surface area contributed by atoms with Gasteiger partial charge in [0.05, 0.1) is 0 Å². The summed E-state index contributed by atoms with van der Waals surface area (Å²) >= 11 is 1.95. The van der Waals surface area contributed by atoms with Gasteiger partial charge in [-0.05, 0) is 55.7 Å². The number of thioether (sulfide) groups is 1. The molecular formula is C15H23NS. The summed E-state index contributed by atoms with van der Waals surface area (Å²) in [5, 5.41) is 3.67. The lowest BCUT2D eigenvalue weighted by atomic mass is 9.76. The van der Waals surface area contributed by atoms with E-state index in [0.29, 0.717) is 0 Å². The van der Waals surface area contributed by atoms with Crippen LogP contribution in [0.1, 0.15) is 37.2 Å². The second-order valence-electron chi connectivity index (χ2n) is 4.93. The molecular weight excluding hydrogens is 226 g/mol. The Bertz CT molecular complexity index is 306. The van der Waals surface area contributed by atoms with Crippen molar-refractivity contribution in [3.63, 3.8) is 0 Å². The van der Waals surface area contributed by atoms with E-state index >= 15 is 0 Å². The number of hydrogen-bond acceptors (Lipinski definition) is 2. The maximum Gasteiger partial charge on any atom is 0.00787 e. The summed E-state index contributed by atoms with van der Waals surface area (Å²) in [6, 6.07) is 11.7. The van der Waals surface area contributed by atoms with Gasteiger partial charge in [0.2, 0.25) is 0 Å². The van der Waals surface area contributed by atoms with Crippen molar-refractivity contribution < 1.29 is 0 Å². The fourth-order valence-electron chi connectivity index (χ4n) is 2.46. The third-order valence-electron chi connectivity index (χ3n) is 3.62. The average Bonchev–Trinajstić information content (AvgIpc) is 2.32. The highest BCUT2D eigenvalue weighted by Gasteiger charge is 2.29. The topological polar surface area (TPSA) is 12.0 Å². The third-order valence-corrected chi connectivity index (χ3v) is 4.31. The summed E-state index contributed by atoms with van der Waals surface area (Å²) in [5.41, 5.74) is 1.52. The van der Waals surface area contributed by atoms with E-state index in [9.17, 15) is 0 Å². The van der Waals surface area contributed by atoms with E-state index < -0.39 is 0 Å². The Morgan fingerprint density at radius 2 is 1.94 bits per heavy atom. The lowest BCUT2D eigenvalue weighted by Gasteiger charge is -2.36. The summed E-state index contributed by atoms with van der Waals surface area (Å²) in [6.07, 6.45) is 7.51. The second kappa shape index (κ2) is 7.07. The predicted molar refractivity (Wildman–Crippen MR) is 77.8 cm³/mol. The molecule has 0 radical (unpaired) electrons. The van der Waals surface area contributed by atoms with Crippen molar-refractivity contribution in [3.8, 4) is 0 Å². The Kier molecular flexibility index (Phi) is 5.40. The van der Waals surface area contributed by atoms with Gasteiger partial charge in [-0.15, -0.1) is 0 Å². The van der Waals surface area contributed by atoms with Gasteiger partial charge in [-0.1, -0.05) is 30.3 Å². The zero-order valence-electron chi connectivity index (χ0n) is 10.7. The van der Waals surface area contributed by atoms with Crippen molar-refractivity contribution in [1.82, 2.24) is 5.32 Å². The fourth-order valence-corrected chi connectivity index (χ4v) is 2.95. The van der Waals surface area contributed by atoms with Crippen LogP contribution in [0.3, 0.4) is 0 Å². The van der Waals surface area contributed by atoms with Gasteiger partial charge in [0.15, 0.2) is 0 Å². The van der Waals surface area contributed by atoms with Crippen LogP contribution in [0.2, 0.25) is 0 Å². The Morgan fingerprint density at radius 3 is 2.65 bits per heavy atom. The molecule has 1 aromatic carbocycles. The van der Waals surface area contributed by atoms with Crippen LogP contribution in [0.4, 0.5) is 0 Å². The largest absolute Gasteiger partial charge is 0.314 e. The molecule has 0 aliphatic heterocycles. The molecule has 2 rings (SSSR count). The molecule has 0 spiro atoms. The molecule has 1 nitrogen and oxygen atoms in total. The second-order valence-corrected chi connectivity index (χ2v) is 5.92. The molecule has 2 heteroatoms. The SMILES string of the molecule is CSCCCCNC1CC(c2ccccc2)C1. The van der Waals surface area contributed by atoms with Crippen molar-refractivity contribution in [3.05, 3.63) is 35.9 Å². The molecule has 17 heavy (non-hydrogen) atoms. The first-order valence-corrected chi connectivity index (χ1v) is 8.07. The van der Waals surface area contributed by atoms with Crippen LogP contribution in [0.15, 0.2) is 30.3 Å². The minimum atomic E-state index is 0.773. The van der Waals surface area contributed by atoms with Crippen molar-refractivity contribution >= 4 is 11.8 Å². The van der Waals surface area contributed by atoms with Gasteiger partial charge >= 0.3 is 0 Å². The van der Waals surface area contributed by atoms with E-state index in [2.05, 4.69) is 41.9 Å². The maximum absolute atomic E-state index is 3.67. The van der Waals surface area contributed by atoms with Gasteiger partial charge in [-0.2, -0.15) is 11.8 Å².